The average molecular weight is 406 g/mol. The summed E-state index contributed by atoms with van der Waals surface area (Å²) in [5, 5.41) is 3.42. The number of nitrogens with zero attached hydrogens (tertiary/aromatic N) is 2. The molecule has 1 saturated heterocycles. The minimum atomic E-state index is 0.124. The van der Waals surface area contributed by atoms with Gasteiger partial charge in [0.25, 0.3) is 0 Å². The Kier molecular flexibility index (Phi) is 9.74. The number of hydrogen-bond donors (Lipinski definition) is 1. The fourth-order valence-corrected chi connectivity index (χ4v) is 3.40. The monoisotopic (exact) mass is 405 g/mol. The van der Waals surface area contributed by atoms with Crippen LogP contribution in [0.3, 0.4) is 0 Å². The summed E-state index contributed by atoms with van der Waals surface area (Å²) in [6.45, 7) is 11.4. The molecule has 0 radical (unpaired) electrons. The predicted molar refractivity (Wildman–Crippen MR) is 119 cm³/mol. The summed E-state index contributed by atoms with van der Waals surface area (Å²) in [7, 11) is 3.56. The second-order valence-electron chi connectivity index (χ2n) is 8.50. The summed E-state index contributed by atoms with van der Waals surface area (Å²) in [5.74, 6) is 1.86. The molecule has 1 aromatic carbocycles. The van der Waals surface area contributed by atoms with Crippen LogP contribution in [0.15, 0.2) is 29.3 Å². The van der Waals surface area contributed by atoms with Crippen molar-refractivity contribution in [2.24, 2.45) is 4.99 Å². The number of rotatable bonds is 9. The number of hydrogen-bond acceptors (Lipinski definition) is 4. The zero-order valence-electron chi connectivity index (χ0n) is 18.9. The molecule has 1 aromatic rings. The fraction of sp³-hybridized carbons (Fsp3) is 0.696. The minimum Gasteiger partial charge on any atom is -0.492 e. The van der Waals surface area contributed by atoms with Crippen molar-refractivity contribution >= 4 is 5.96 Å². The normalized spacial score (nSPS) is 16.2. The van der Waals surface area contributed by atoms with E-state index in [0.717, 1.165) is 63.8 Å². The maximum atomic E-state index is 5.94. The third-order valence-electron chi connectivity index (χ3n) is 5.15. The van der Waals surface area contributed by atoms with Crippen LogP contribution >= 0.6 is 0 Å². The van der Waals surface area contributed by atoms with E-state index in [-0.39, 0.29) is 5.41 Å². The van der Waals surface area contributed by atoms with Crippen LogP contribution in [0.1, 0.15) is 45.6 Å². The highest BCUT2D eigenvalue weighted by Gasteiger charge is 2.21. The van der Waals surface area contributed by atoms with Gasteiger partial charge < -0.3 is 24.4 Å². The van der Waals surface area contributed by atoms with E-state index < -0.39 is 0 Å². The van der Waals surface area contributed by atoms with Gasteiger partial charge in [0.15, 0.2) is 5.96 Å². The Morgan fingerprint density at radius 1 is 1.17 bits per heavy atom. The standard InChI is InChI=1S/C23H39N3O3/c1-23(2,3)19-8-6-9-21(18-19)29-17-12-25-22(24-4)26-13-10-20(11-14-26)28-16-7-15-27-5/h6,8-9,18,20H,7,10-17H2,1-5H3,(H,24,25). The maximum Gasteiger partial charge on any atom is 0.193 e. The molecule has 0 aliphatic carbocycles. The second kappa shape index (κ2) is 12.0. The molecular formula is C23H39N3O3. The van der Waals surface area contributed by atoms with Crippen molar-refractivity contribution in [3.8, 4) is 5.75 Å². The van der Waals surface area contributed by atoms with Gasteiger partial charge in [-0.3, -0.25) is 4.99 Å². The molecule has 0 saturated carbocycles. The second-order valence-corrected chi connectivity index (χ2v) is 8.50. The lowest BCUT2D eigenvalue weighted by Crippen LogP contribution is -2.47. The number of benzene rings is 1. The summed E-state index contributed by atoms with van der Waals surface area (Å²) in [4.78, 5) is 6.73. The minimum absolute atomic E-state index is 0.124. The first-order valence-corrected chi connectivity index (χ1v) is 10.7. The van der Waals surface area contributed by atoms with Gasteiger partial charge in [0.2, 0.25) is 0 Å². The van der Waals surface area contributed by atoms with Gasteiger partial charge >= 0.3 is 0 Å². The summed E-state index contributed by atoms with van der Waals surface area (Å²) >= 11 is 0. The van der Waals surface area contributed by atoms with Gasteiger partial charge in [-0.15, -0.1) is 0 Å². The molecule has 0 atom stereocenters. The lowest BCUT2D eigenvalue weighted by atomic mass is 9.87. The third-order valence-corrected chi connectivity index (χ3v) is 5.15. The van der Waals surface area contributed by atoms with Gasteiger partial charge in [-0.1, -0.05) is 32.9 Å². The molecule has 1 heterocycles. The van der Waals surface area contributed by atoms with Gasteiger partial charge in [0.05, 0.1) is 12.6 Å². The highest BCUT2D eigenvalue weighted by Crippen LogP contribution is 2.25. The smallest absolute Gasteiger partial charge is 0.193 e. The van der Waals surface area contributed by atoms with Crippen molar-refractivity contribution in [3.63, 3.8) is 0 Å². The Morgan fingerprint density at radius 3 is 2.59 bits per heavy atom. The van der Waals surface area contributed by atoms with E-state index in [9.17, 15) is 0 Å². The molecule has 2 rings (SSSR count). The lowest BCUT2D eigenvalue weighted by molar-refractivity contribution is 0.00989. The molecule has 0 spiro atoms. The molecule has 6 nitrogen and oxygen atoms in total. The first-order valence-electron chi connectivity index (χ1n) is 10.7. The zero-order valence-corrected chi connectivity index (χ0v) is 18.9. The predicted octanol–water partition coefficient (Wildman–Crippen LogP) is 3.46. The van der Waals surface area contributed by atoms with E-state index in [0.29, 0.717) is 12.7 Å². The van der Waals surface area contributed by atoms with Crippen molar-refractivity contribution in [1.29, 1.82) is 0 Å². The van der Waals surface area contributed by atoms with E-state index in [2.05, 4.69) is 54.2 Å². The van der Waals surface area contributed by atoms with Crippen LogP contribution in [0, 0.1) is 0 Å². The Labute approximate surface area is 176 Å². The van der Waals surface area contributed by atoms with E-state index in [1.807, 2.05) is 13.1 Å². The summed E-state index contributed by atoms with van der Waals surface area (Å²) in [6, 6.07) is 8.36. The first kappa shape index (κ1) is 23.5. The number of nitrogens with one attached hydrogen (secondary N) is 1. The topological polar surface area (TPSA) is 55.3 Å². The van der Waals surface area contributed by atoms with Gasteiger partial charge in [-0.05, 0) is 42.4 Å². The number of aliphatic imine (C=N–C) groups is 1. The van der Waals surface area contributed by atoms with Crippen LogP contribution in [-0.2, 0) is 14.9 Å². The summed E-state index contributed by atoms with van der Waals surface area (Å²) in [5.41, 5.74) is 1.41. The van der Waals surface area contributed by atoms with Gasteiger partial charge in [-0.25, -0.2) is 0 Å². The lowest BCUT2D eigenvalue weighted by Gasteiger charge is -2.34. The van der Waals surface area contributed by atoms with Crippen molar-refractivity contribution < 1.29 is 14.2 Å². The number of guanidine groups is 1. The van der Waals surface area contributed by atoms with E-state index in [1.54, 1.807) is 7.11 Å². The molecule has 164 valence electrons. The Hall–Kier alpha value is -1.79. The van der Waals surface area contributed by atoms with Crippen molar-refractivity contribution in [1.82, 2.24) is 10.2 Å². The number of methoxy groups -OCH3 is 1. The maximum absolute atomic E-state index is 5.94. The Balaban J connectivity index is 1.68. The van der Waals surface area contributed by atoms with Crippen molar-refractivity contribution in [2.45, 2.75) is 51.6 Å². The molecule has 29 heavy (non-hydrogen) atoms. The van der Waals surface area contributed by atoms with Crippen LogP contribution in [0.4, 0.5) is 0 Å². The van der Waals surface area contributed by atoms with E-state index >= 15 is 0 Å². The molecule has 0 bridgehead atoms. The largest absolute Gasteiger partial charge is 0.492 e. The Morgan fingerprint density at radius 2 is 1.93 bits per heavy atom. The fourth-order valence-electron chi connectivity index (χ4n) is 3.40. The van der Waals surface area contributed by atoms with Crippen LogP contribution in [-0.4, -0.2) is 70.6 Å². The quantitative estimate of drug-likeness (QED) is 0.387. The van der Waals surface area contributed by atoms with Crippen molar-refractivity contribution in [3.05, 3.63) is 29.8 Å². The highest BCUT2D eigenvalue weighted by atomic mass is 16.5. The molecule has 0 amide bonds. The molecule has 0 aromatic heterocycles. The molecule has 1 aliphatic heterocycles. The number of piperidine rings is 1. The Bertz CT molecular complexity index is 620. The van der Waals surface area contributed by atoms with Crippen LogP contribution < -0.4 is 10.1 Å². The van der Waals surface area contributed by atoms with Crippen LogP contribution in [0.2, 0.25) is 0 Å². The van der Waals surface area contributed by atoms with E-state index in [1.165, 1.54) is 5.56 Å². The first-order chi connectivity index (χ1) is 13.9. The highest BCUT2D eigenvalue weighted by molar-refractivity contribution is 5.79. The molecule has 6 heteroatoms. The molecule has 1 N–H and O–H groups in total. The number of likely N-dealkylation sites (tertiary alicyclic amines) is 1. The zero-order chi connectivity index (χ0) is 21.1. The average Bonchev–Trinajstić information content (AvgIpc) is 2.71. The van der Waals surface area contributed by atoms with Crippen molar-refractivity contribution in [2.75, 3.05) is 53.6 Å². The summed E-state index contributed by atoms with van der Waals surface area (Å²) in [6.07, 6.45) is 3.37. The number of ether oxygens (including phenoxy) is 3. The van der Waals surface area contributed by atoms with Gasteiger partial charge in [0.1, 0.15) is 12.4 Å². The molecule has 1 aliphatic rings. The van der Waals surface area contributed by atoms with Crippen LogP contribution in [0.5, 0.6) is 5.75 Å². The van der Waals surface area contributed by atoms with E-state index in [4.69, 9.17) is 14.2 Å². The summed E-state index contributed by atoms with van der Waals surface area (Å²) < 4.78 is 16.9. The third kappa shape index (κ3) is 8.23. The van der Waals surface area contributed by atoms with Gasteiger partial charge in [0, 0.05) is 40.5 Å². The SMILES string of the molecule is CN=C(NCCOc1cccc(C(C)(C)C)c1)N1CCC(OCCCOC)CC1. The molecular weight excluding hydrogens is 366 g/mol. The van der Waals surface area contributed by atoms with Crippen LogP contribution in [0.25, 0.3) is 0 Å². The molecule has 1 fully saturated rings. The van der Waals surface area contributed by atoms with Gasteiger partial charge in [-0.2, -0.15) is 0 Å². The molecule has 0 unspecified atom stereocenters.